The molecule has 0 aliphatic heterocycles. The Morgan fingerprint density at radius 1 is 1.15 bits per heavy atom. The molecule has 0 saturated carbocycles. The summed E-state index contributed by atoms with van der Waals surface area (Å²) in [6.45, 7) is 4.24. The standard InChI is InChI=1S/C16H15BrO3/c1-10-11(2)15(8-7-14(10)17)20-9-12-5-3-4-6-13(12)16(18)19/h3-8H,9H2,1-2H3,(H,18,19). The molecule has 0 aromatic heterocycles. The molecule has 0 unspecified atom stereocenters. The Morgan fingerprint density at radius 3 is 2.55 bits per heavy atom. The zero-order valence-electron chi connectivity index (χ0n) is 11.3. The highest BCUT2D eigenvalue weighted by Gasteiger charge is 2.11. The Labute approximate surface area is 126 Å². The molecule has 104 valence electrons. The SMILES string of the molecule is Cc1c(Br)ccc(OCc2ccccc2C(=O)O)c1C. The summed E-state index contributed by atoms with van der Waals surface area (Å²) in [6, 6.07) is 10.7. The Bertz CT molecular complexity index is 650. The van der Waals surface area contributed by atoms with E-state index < -0.39 is 5.97 Å². The molecule has 0 bridgehead atoms. The molecule has 0 saturated heterocycles. The Morgan fingerprint density at radius 2 is 1.85 bits per heavy atom. The molecule has 4 heteroatoms. The minimum absolute atomic E-state index is 0.240. The summed E-state index contributed by atoms with van der Waals surface area (Å²) in [4.78, 5) is 11.1. The van der Waals surface area contributed by atoms with E-state index >= 15 is 0 Å². The van der Waals surface area contributed by atoms with E-state index in [1.807, 2.05) is 32.0 Å². The highest BCUT2D eigenvalue weighted by atomic mass is 79.9. The lowest BCUT2D eigenvalue weighted by Crippen LogP contribution is -2.06. The Hall–Kier alpha value is -1.81. The lowest BCUT2D eigenvalue weighted by molar-refractivity contribution is 0.0694. The van der Waals surface area contributed by atoms with Crippen LogP contribution in [0.4, 0.5) is 0 Å². The van der Waals surface area contributed by atoms with Gasteiger partial charge in [-0.05, 0) is 43.2 Å². The van der Waals surface area contributed by atoms with E-state index in [0.29, 0.717) is 5.56 Å². The van der Waals surface area contributed by atoms with Crippen molar-refractivity contribution in [3.8, 4) is 5.75 Å². The maximum atomic E-state index is 11.1. The van der Waals surface area contributed by atoms with Crippen LogP contribution < -0.4 is 4.74 Å². The van der Waals surface area contributed by atoms with Crippen LogP contribution in [0.2, 0.25) is 0 Å². The fourth-order valence-electron chi connectivity index (χ4n) is 1.93. The fourth-order valence-corrected chi connectivity index (χ4v) is 2.36. The minimum Gasteiger partial charge on any atom is -0.489 e. The monoisotopic (exact) mass is 334 g/mol. The van der Waals surface area contributed by atoms with Crippen LogP contribution in [0.3, 0.4) is 0 Å². The van der Waals surface area contributed by atoms with E-state index in [4.69, 9.17) is 9.84 Å². The lowest BCUT2D eigenvalue weighted by Gasteiger charge is -2.13. The van der Waals surface area contributed by atoms with Crippen molar-refractivity contribution in [3.05, 3.63) is 63.1 Å². The van der Waals surface area contributed by atoms with Gasteiger partial charge in [-0.15, -0.1) is 0 Å². The van der Waals surface area contributed by atoms with E-state index in [9.17, 15) is 4.79 Å². The second-order valence-electron chi connectivity index (χ2n) is 4.55. The molecule has 1 N–H and O–H groups in total. The number of ether oxygens (including phenoxy) is 1. The molecule has 0 atom stereocenters. The predicted molar refractivity (Wildman–Crippen MR) is 81.3 cm³/mol. The zero-order valence-corrected chi connectivity index (χ0v) is 12.9. The number of carboxylic acids is 1. The summed E-state index contributed by atoms with van der Waals surface area (Å²) in [7, 11) is 0. The van der Waals surface area contributed by atoms with E-state index in [1.165, 1.54) is 0 Å². The highest BCUT2D eigenvalue weighted by Crippen LogP contribution is 2.28. The van der Waals surface area contributed by atoms with Gasteiger partial charge in [0.05, 0.1) is 5.56 Å². The quantitative estimate of drug-likeness (QED) is 0.904. The van der Waals surface area contributed by atoms with Crippen molar-refractivity contribution in [2.45, 2.75) is 20.5 Å². The molecule has 2 aromatic rings. The average molecular weight is 335 g/mol. The molecule has 0 fully saturated rings. The lowest BCUT2D eigenvalue weighted by atomic mass is 10.1. The molecular formula is C16H15BrO3. The van der Waals surface area contributed by atoms with Crippen molar-refractivity contribution >= 4 is 21.9 Å². The molecule has 0 aliphatic rings. The van der Waals surface area contributed by atoms with E-state index in [1.54, 1.807) is 18.2 Å². The summed E-state index contributed by atoms with van der Waals surface area (Å²) in [5.41, 5.74) is 3.11. The van der Waals surface area contributed by atoms with Crippen LogP contribution in [0.1, 0.15) is 27.0 Å². The van der Waals surface area contributed by atoms with Gasteiger partial charge in [0.1, 0.15) is 12.4 Å². The average Bonchev–Trinajstić information content (AvgIpc) is 2.44. The van der Waals surface area contributed by atoms with Gasteiger partial charge in [-0.2, -0.15) is 0 Å². The molecule has 0 amide bonds. The van der Waals surface area contributed by atoms with Crippen molar-refractivity contribution < 1.29 is 14.6 Å². The first-order chi connectivity index (χ1) is 9.50. The molecule has 0 radical (unpaired) electrons. The van der Waals surface area contributed by atoms with E-state index in [0.717, 1.165) is 21.3 Å². The number of hydrogen-bond acceptors (Lipinski definition) is 2. The number of carbonyl (C=O) groups is 1. The normalized spacial score (nSPS) is 10.3. The first-order valence-corrected chi connectivity index (χ1v) is 6.99. The van der Waals surface area contributed by atoms with Crippen LogP contribution in [0.25, 0.3) is 0 Å². The molecule has 0 aliphatic carbocycles. The van der Waals surface area contributed by atoms with Gasteiger partial charge in [-0.3, -0.25) is 0 Å². The number of carboxylic acid groups (broad SMARTS) is 1. The van der Waals surface area contributed by atoms with Crippen LogP contribution in [-0.4, -0.2) is 11.1 Å². The van der Waals surface area contributed by atoms with Crippen LogP contribution in [0.15, 0.2) is 40.9 Å². The van der Waals surface area contributed by atoms with Crippen LogP contribution >= 0.6 is 15.9 Å². The number of aromatic carboxylic acids is 1. The third-order valence-corrected chi connectivity index (χ3v) is 4.16. The van der Waals surface area contributed by atoms with Gasteiger partial charge in [0, 0.05) is 10.0 Å². The molecule has 3 nitrogen and oxygen atoms in total. The molecule has 2 aromatic carbocycles. The van der Waals surface area contributed by atoms with Gasteiger partial charge in [-0.25, -0.2) is 4.79 Å². The summed E-state index contributed by atoms with van der Waals surface area (Å²) in [5, 5.41) is 9.14. The van der Waals surface area contributed by atoms with Gasteiger partial charge in [0.25, 0.3) is 0 Å². The van der Waals surface area contributed by atoms with Crippen LogP contribution in [0.5, 0.6) is 5.75 Å². The van der Waals surface area contributed by atoms with Gasteiger partial charge >= 0.3 is 5.97 Å². The summed E-state index contributed by atoms with van der Waals surface area (Å²) >= 11 is 3.47. The maximum absolute atomic E-state index is 11.1. The van der Waals surface area contributed by atoms with E-state index in [2.05, 4.69) is 15.9 Å². The topological polar surface area (TPSA) is 46.5 Å². The number of benzene rings is 2. The predicted octanol–water partition coefficient (Wildman–Crippen LogP) is 4.34. The Balaban J connectivity index is 2.22. The van der Waals surface area contributed by atoms with Crippen LogP contribution in [-0.2, 0) is 6.61 Å². The van der Waals surface area contributed by atoms with E-state index in [-0.39, 0.29) is 12.2 Å². The van der Waals surface area contributed by atoms with Crippen molar-refractivity contribution in [3.63, 3.8) is 0 Å². The summed E-state index contributed by atoms with van der Waals surface area (Å²) in [6.07, 6.45) is 0. The number of halogens is 1. The zero-order chi connectivity index (χ0) is 14.7. The minimum atomic E-state index is -0.937. The first-order valence-electron chi connectivity index (χ1n) is 6.20. The second kappa shape index (κ2) is 6.09. The molecule has 2 rings (SSSR count). The smallest absolute Gasteiger partial charge is 0.336 e. The van der Waals surface area contributed by atoms with Gasteiger partial charge in [0.2, 0.25) is 0 Å². The van der Waals surface area contributed by atoms with Gasteiger partial charge in [-0.1, -0.05) is 34.1 Å². The van der Waals surface area contributed by atoms with Gasteiger partial charge < -0.3 is 9.84 Å². The fraction of sp³-hybridized carbons (Fsp3) is 0.188. The van der Waals surface area contributed by atoms with Gasteiger partial charge in [0.15, 0.2) is 0 Å². The summed E-state index contributed by atoms with van der Waals surface area (Å²) < 4.78 is 6.80. The molecule has 20 heavy (non-hydrogen) atoms. The number of hydrogen-bond donors (Lipinski definition) is 1. The second-order valence-corrected chi connectivity index (χ2v) is 5.40. The molecule has 0 spiro atoms. The van der Waals surface area contributed by atoms with Crippen molar-refractivity contribution in [2.24, 2.45) is 0 Å². The largest absolute Gasteiger partial charge is 0.489 e. The van der Waals surface area contributed by atoms with Crippen molar-refractivity contribution in [2.75, 3.05) is 0 Å². The summed E-state index contributed by atoms with van der Waals surface area (Å²) in [5.74, 6) is -0.168. The third-order valence-electron chi connectivity index (χ3n) is 3.30. The van der Waals surface area contributed by atoms with Crippen LogP contribution in [0, 0.1) is 13.8 Å². The maximum Gasteiger partial charge on any atom is 0.336 e. The Kier molecular flexibility index (Phi) is 4.45. The molecule has 0 heterocycles. The first kappa shape index (κ1) is 14.6. The molecular weight excluding hydrogens is 320 g/mol. The van der Waals surface area contributed by atoms with Crippen molar-refractivity contribution in [1.82, 2.24) is 0 Å². The van der Waals surface area contributed by atoms with Crippen molar-refractivity contribution in [1.29, 1.82) is 0 Å². The highest BCUT2D eigenvalue weighted by molar-refractivity contribution is 9.10. The number of rotatable bonds is 4. The third kappa shape index (κ3) is 3.02.